The lowest BCUT2D eigenvalue weighted by molar-refractivity contribution is 0.0150. The summed E-state index contributed by atoms with van der Waals surface area (Å²) in [4.78, 5) is 29.6. The molecule has 1 aliphatic rings. The average molecular weight is 473 g/mol. The molecule has 184 valence electrons. The second-order valence-electron chi connectivity index (χ2n) is 8.84. The summed E-state index contributed by atoms with van der Waals surface area (Å²) < 4.78 is 25.1. The zero-order valence-corrected chi connectivity index (χ0v) is 20.3. The zero-order chi connectivity index (χ0) is 24.8. The Morgan fingerprint density at radius 2 is 1.79 bits per heavy atom. The van der Waals surface area contributed by atoms with Gasteiger partial charge >= 0.3 is 6.03 Å². The van der Waals surface area contributed by atoms with Crippen LogP contribution in [0.15, 0.2) is 42.5 Å². The highest BCUT2D eigenvalue weighted by Crippen LogP contribution is 2.26. The molecule has 1 heterocycles. The van der Waals surface area contributed by atoms with Gasteiger partial charge in [0.1, 0.15) is 18.2 Å². The molecule has 3 rings (SSSR count). The molecular weight excluding hydrogens is 439 g/mol. The Kier molecular flexibility index (Phi) is 8.46. The SMILES string of the molecule is CO[C@@H]1CN(C)C(=O)c2cc(NC(=O)Nc3cccc(F)c3)ccc2OC[C@@H](C)N(C)C[C@H]1C. The van der Waals surface area contributed by atoms with Crippen molar-refractivity contribution in [2.45, 2.75) is 26.0 Å². The Labute approximate surface area is 200 Å². The molecular formula is C25H33FN4O4. The Morgan fingerprint density at radius 3 is 2.47 bits per heavy atom. The van der Waals surface area contributed by atoms with Crippen LogP contribution in [0, 0.1) is 11.7 Å². The fourth-order valence-electron chi connectivity index (χ4n) is 3.90. The average Bonchev–Trinajstić information content (AvgIpc) is 2.79. The molecule has 2 N–H and O–H groups in total. The molecule has 0 aromatic heterocycles. The molecule has 0 bridgehead atoms. The van der Waals surface area contributed by atoms with Crippen molar-refractivity contribution in [1.29, 1.82) is 0 Å². The fourth-order valence-corrected chi connectivity index (χ4v) is 3.90. The van der Waals surface area contributed by atoms with E-state index in [1.165, 1.54) is 18.2 Å². The number of methoxy groups -OCH3 is 1. The summed E-state index contributed by atoms with van der Waals surface area (Å²) in [7, 11) is 5.42. The van der Waals surface area contributed by atoms with Crippen molar-refractivity contribution in [3.05, 3.63) is 53.8 Å². The summed E-state index contributed by atoms with van der Waals surface area (Å²) >= 11 is 0. The summed E-state index contributed by atoms with van der Waals surface area (Å²) in [5.41, 5.74) is 1.07. The number of fused-ring (bicyclic) bond motifs is 1. The van der Waals surface area contributed by atoms with Crippen molar-refractivity contribution in [2.75, 3.05) is 51.5 Å². The predicted octanol–water partition coefficient (Wildman–Crippen LogP) is 3.91. The van der Waals surface area contributed by atoms with Crippen LogP contribution in [-0.2, 0) is 4.74 Å². The van der Waals surface area contributed by atoms with E-state index in [1.807, 2.05) is 7.05 Å². The number of benzene rings is 2. The number of hydrogen-bond acceptors (Lipinski definition) is 5. The number of ether oxygens (including phenoxy) is 2. The Balaban J connectivity index is 1.85. The molecule has 1 aliphatic heterocycles. The number of carbonyl (C=O) groups excluding carboxylic acids is 2. The zero-order valence-electron chi connectivity index (χ0n) is 20.3. The molecule has 0 spiro atoms. The van der Waals surface area contributed by atoms with Crippen LogP contribution in [0.4, 0.5) is 20.6 Å². The summed E-state index contributed by atoms with van der Waals surface area (Å²) in [5.74, 6) is -0.0474. The number of halogens is 1. The number of hydrogen-bond donors (Lipinski definition) is 2. The van der Waals surface area contributed by atoms with Crippen molar-refractivity contribution >= 4 is 23.3 Å². The first-order chi connectivity index (χ1) is 16.2. The van der Waals surface area contributed by atoms with E-state index in [0.29, 0.717) is 35.8 Å². The van der Waals surface area contributed by atoms with Gasteiger partial charge in [-0.3, -0.25) is 9.69 Å². The topological polar surface area (TPSA) is 83.1 Å². The monoisotopic (exact) mass is 472 g/mol. The van der Waals surface area contributed by atoms with Gasteiger partial charge in [0.05, 0.1) is 11.7 Å². The summed E-state index contributed by atoms with van der Waals surface area (Å²) in [6, 6.07) is 10.1. The Hall–Kier alpha value is -3.17. The van der Waals surface area contributed by atoms with Crippen molar-refractivity contribution in [2.24, 2.45) is 5.92 Å². The van der Waals surface area contributed by atoms with Crippen LogP contribution in [-0.4, -0.2) is 74.8 Å². The molecule has 9 heteroatoms. The minimum Gasteiger partial charge on any atom is -0.491 e. The molecule has 2 aromatic rings. The maximum absolute atomic E-state index is 13.4. The van der Waals surface area contributed by atoms with E-state index in [-0.39, 0.29) is 24.0 Å². The smallest absolute Gasteiger partial charge is 0.323 e. The lowest BCUT2D eigenvalue weighted by atomic mass is 10.0. The number of amides is 3. The highest BCUT2D eigenvalue weighted by molar-refractivity contribution is 6.02. The number of urea groups is 1. The number of rotatable bonds is 3. The van der Waals surface area contributed by atoms with Gasteiger partial charge in [-0.1, -0.05) is 13.0 Å². The second kappa shape index (κ2) is 11.3. The van der Waals surface area contributed by atoms with Crippen LogP contribution in [0.25, 0.3) is 0 Å². The molecule has 0 unspecified atom stereocenters. The van der Waals surface area contributed by atoms with E-state index >= 15 is 0 Å². The quantitative estimate of drug-likeness (QED) is 0.708. The van der Waals surface area contributed by atoms with E-state index < -0.39 is 11.8 Å². The molecule has 0 fully saturated rings. The van der Waals surface area contributed by atoms with Crippen LogP contribution in [0.1, 0.15) is 24.2 Å². The van der Waals surface area contributed by atoms with Gasteiger partial charge in [-0.25, -0.2) is 9.18 Å². The minimum atomic E-state index is -0.552. The highest BCUT2D eigenvalue weighted by atomic mass is 19.1. The summed E-state index contributed by atoms with van der Waals surface area (Å²) in [6.07, 6.45) is -0.134. The van der Waals surface area contributed by atoms with E-state index in [9.17, 15) is 14.0 Å². The van der Waals surface area contributed by atoms with Gasteiger partial charge in [-0.05, 0) is 56.3 Å². The van der Waals surface area contributed by atoms with Gasteiger partial charge < -0.3 is 25.0 Å². The first kappa shape index (κ1) is 25.5. The van der Waals surface area contributed by atoms with Gasteiger partial charge in [0.15, 0.2) is 0 Å². The van der Waals surface area contributed by atoms with Crippen LogP contribution >= 0.6 is 0 Å². The van der Waals surface area contributed by atoms with Gasteiger partial charge in [0.25, 0.3) is 5.91 Å². The third-order valence-corrected chi connectivity index (χ3v) is 6.10. The molecule has 0 aliphatic carbocycles. The fraction of sp³-hybridized carbons (Fsp3) is 0.440. The van der Waals surface area contributed by atoms with Crippen LogP contribution < -0.4 is 15.4 Å². The third-order valence-electron chi connectivity index (χ3n) is 6.10. The second-order valence-corrected chi connectivity index (χ2v) is 8.84. The van der Waals surface area contributed by atoms with Gasteiger partial charge in [0, 0.05) is 44.7 Å². The first-order valence-corrected chi connectivity index (χ1v) is 11.3. The number of likely N-dealkylation sites (N-methyl/N-ethyl adjacent to an activating group) is 2. The Morgan fingerprint density at radius 1 is 1.09 bits per heavy atom. The van der Waals surface area contributed by atoms with Gasteiger partial charge in [-0.2, -0.15) is 0 Å². The van der Waals surface area contributed by atoms with Crippen LogP contribution in [0.3, 0.4) is 0 Å². The van der Waals surface area contributed by atoms with Crippen molar-refractivity contribution in [3.8, 4) is 5.75 Å². The minimum absolute atomic E-state index is 0.120. The molecule has 34 heavy (non-hydrogen) atoms. The predicted molar refractivity (Wildman–Crippen MR) is 130 cm³/mol. The summed E-state index contributed by atoms with van der Waals surface area (Å²) in [6.45, 7) is 5.80. The van der Waals surface area contributed by atoms with E-state index in [1.54, 1.807) is 43.3 Å². The number of nitrogens with one attached hydrogen (secondary N) is 2. The standard InChI is InChI=1S/C25H33FN4O4/c1-16-13-29(3)17(2)15-34-22-10-9-20(12-21(22)24(31)30(4)14-23(16)33-5)28-25(32)27-19-8-6-7-18(26)11-19/h6-12,16-17,23H,13-15H2,1-5H3,(H2,27,28,32)/t16-,17-,23-/m1/s1. The van der Waals surface area contributed by atoms with Gasteiger partial charge in [-0.15, -0.1) is 0 Å². The van der Waals surface area contributed by atoms with E-state index in [0.717, 1.165) is 6.54 Å². The number of carbonyl (C=O) groups is 2. The normalized spacial score (nSPS) is 22.1. The molecule has 0 saturated heterocycles. The maximum Gasteiger partial charge on any atom is 0.323 e. The lowest BCUT2D eigenvalue weighted by Crippen LogP contribution is -2.45. The number of nitrogens with zero attached hydrogens (tertiary/aromatic N) is 2. The number of anilines is 2. The molecule has 8 nitrogen and oxygen atoms in total. The van der Waals surface area contributed by atoms with Crippen LogP contribution in [0.2, 0.25) is 0 Å². The largest absolute Gasteiger partial charge is 0.491 e. The molecule has 0 radical (unpaired) electrons. The van der Waals surface area contributed by atoms with Crippen molar-refractivity contribution in [3.63, 3.8) is 0 Å². The molecule has 0 saturated carbocycles. The van der Waals surface area contributed by atoms with Crippen LogP contribution in [0.5, 0.6) is 5.75 Å². The lowest BCUT2D eigenvalue weighted by Gasteiger charge is -2.34. The summed E-state index contributed by atoms with van der Waals surface area (Å²) in [5, 5.41) is 5.27. The van der Waals surface area contributed by atoms with Crippen molar-refractivity contribution in [1.82, 2.24) is 9.80 Å². The first-order valence-electron chi connectivity index (χ1n) is 11.3. The maximum atomic E-state index is 13.4. The van der Waals surface area contributed by atoms with E-state index in [4.69, 9.17) is 9.47 Å². The molecule has 3 amide bonds. The Bertz CT molecular complexity index is 1020. The molecule has 3 atom stereocenters. The highest BCUT2D eigenvalue weighted by Gasteiger charge is 2.27. The van der Waals surface area contributed by atoms with Gasteiger partial charge in [0.2, 0.25) is 0 Å². The van der Waals surface area contributed by atoms with E-state index in [2.05, 4.69) is 29.4 Å². The third kappa shape index (κ3) is 6.45. The molecule has 2 aromatic carbocycles. The van der Waals surface area contributed by atoms with Crippen molar-refractivity contribution < 1.29 is 23.5 Å².